The highest BCUT2D eigenvalue weighted by atomic mass is 16.5. The van der Waals surface area contributed by atoms with Gasteiger partial charge in [0.05, 0.1) is 21.2 Å². The van der Waals surface area contributed by atoms with E-state index < -0.39 is 36.5 Å². The number of ether oxygens (including phenoxy) is 1. The fraction of sp³-hybridized carbons (Fsp3) is 0.214. The third kappa shape index (κ3) is 2.23. The summed E-state index contributed by atoms with van der Waals surface area (Å²) < 4.78 is 58.0. The summed E-state index contributed by atoms with van der Waals surface area (Å²) >= 11 is 0. The van der Waals surface area contributed by atoms with Gasteiger partial charge in [-0.25, -0.2) is 0 Å². The molecule has 17 heavy (non-hydrogen) atoms. The zero-order valence-corrected chi connectivity index (χ0v) is 9.00. The van der Waals surface area contributed by atoms with Crippen LogP contribution in [0.15, 0.2) is 36.3 Å². The lowest BCUT2D eigenvalue weighted by molar-refractivity contribution is -0.138. The van der Waals surface area contributed by atoms with Crippen molar-refractivity contribution >= 4 is 16.7 Å². The Balaban J connectivity index is 2.77. The van der Waals surface area contributed by atoms with Crippen LogP contribution >= 0.6 is 0 Å². The SMILES string of the molecule is [2H]c1c(C([2H])(C)C(=O)O)c([2H])c2ccc(OC([2H])([2H])[2H])cc2c1[2H]. The average Bonchev–Trinajstić information content (AvgIpc) is 2.42. The van der Waals surface area contributed by atoms with Crippen LogP contribution in [-0.2, 0) is 4.79 Å². The first-order valence-electron chi connectivity index (χ1n) is 8.32. The summed E-state index contributed by atoms with van der Waals surface area (Å²) in [7, 11) is -2.69. The highest BCUT2D eigenvalue weighted by molar-refractivity contribution is 5.86. The van der Waals surface area contributed by atoms with Crippen molar-refractivity contribution in [3.63, 3.8) is 0 Å². The normalized spacial score (nSPS) is 20.9. The summed E-state index contributed by atoms with van der Waals surface area (Å²) in [5, 5.41) is 9.40. The maximum Gasteiger partial charge on any atom is 0.310 e. The van der Waals surface area contributed by atoms with E-state index in [0.717, 1.165) is 6.92 Å². The predicted molar refractivity (Wildman–Crippen MR) is 66.6 cm³/mol. The topological polar surface area (TPSA) is 46.5 Å². The largest absolute Gasteiger partial charge is 0.497 e. The minimum atomic E-state index is -2.69. The first-order valence-corrected chi connectivity index (χ1v) is 4.82. The van der Waals surface area contributed by atoms with Gasteiger partial charge in [-0.2, -0.15) is 0 Å². The van der Waals surface area contributed by atoms with E-state index >= 15 is 0 Å². The molecular weight excluding hydrogens is 216 g/mol. The summed E-state index contributed by atoms with van der Waals surface area (Å²) in [5.74, 6) is -3.86. The third-order valence-corrected chi connectivity index (χ3v) is 2.39. The summed E-state index contributed by atoms with van der Waals surface area (Å²) in [5.41, 5.74) is -0.392. The van der Waals surface area contributed by atoms with E-state index in [1.807, 2.05) is 0 Å². The van der Waals surface area contributed by atoms with Gasteiger partial charge in [0.2, 0.25) is 0 Å². The van der Waals surface area contributed by atoms with Crippen molar-refractivity contribution in [1.29, 1.82) is 0 Å². The standard InChI is InChI=1S/C14H14O3/c1-9(14(15)16)10-3-4-12-8-13(17-2)6-5-11(12)7-10/h3-9H,1-2H3,(H,15,16)/i2D3,3D,4D,7D,9D. The number of carboxylic acids is 1. The van der Waals surface area contributed by atoms with Gasteiger partial charge in [-0.1, -0.05) is 24.2 Å². The minimum Gasteiger partial charge on any atom is -0.497 e. The summed E-state index contributed by atoms with van der Waals surface area (Å²) in [6, 6.07) is 2.50. The molecule has 3 nitrogen and oxygen atoms in total. The lowest BCUT2D eigenvalue weighted by atomic mass is 9.98. The highest BCUT2D eigenvalue weighted by Gasteiger charge is 2.13. The number of rotatable bonds is 3. The fourth-order valence-electron chi connectivity index (χ4n) is 1.39. The Hall–Kier alpha value is -2.03. The van der Waals surface area contributed by atoms with Crippen LogP contribution in [0, 0.1) is 0 Å². The Morgan fingerprint density at radius 3 is 3.06 bits per heavy atom. The van der Waals surface area contributed by atoms with Gasteiger partial charge in [0, 0.05) is 1.37 Å². The van der Waals surface area contributed by atoms with Crippen LogP contribution in [0.2, 0.25) is 0 Å². The van der Waals surface area contributed by atoms with E-state index in [-0.39, 0.29) is 22.6 Å². The van der Waals surface area contributed by atoms with Crippen LogP contribution in [0.4, 0.5) is 0 Å². The van der Waals surface area contributed by atoms with Crippen molar-refractivity contribution in [2.24, 2.45) is 0 Å². The molecule has 2 rings (SSSR count). The zero-order valence-electron chi connectivity index (χ0n) is 16.0. The summed E-state index contributed by atoms with van der Waals surface area (Å²) in [6.07, 6.45) is 0. The molecule has 0 saturated carbocycles. The predicted octanol–water partition coefficient (Wildman–Crippen LogP) is 3.04. The van der Waals surface area contributed by atoms with Gasteiger partial charge in [0.1, 0.15) is 5.75 Å². The van der Waals surface area contributed by atoms with Crippen molar-refractivity contribution in [2.75, 3.05) is 7.04 Å². The molecule has 0 spiro atoms. The number of carboxylic acid groups (broad SMARTS) is 1. The molecule has 0 saturated heterocycles. The Kier molecular flexibility index (Phi) is 1.45. The van der Waals surface area contributed by atoms with E-state index in [9.17, 15) is 9.90 Å². The number of benzene rings is 2. The first-order chi connectivity index (χ1) is 10.9. The van der Waals surface area contributed by atoms with Crippen molar-refractivity contribution in [2.45, 2.75) is 12.8 Å². The monoisotopic (exact) mass is 237 g/mol. The van der Waals surface area contributed by atoms with E-state index in [0.29, 0.717) is 0 Å². The Morgan fingerprint density at radius 2 is 2.35 bits per heavy atom. The van der Waals surface area contributed by atoms with Gasteiger partial charge in [-0.05, 0) is 35.4 Å². The number of hydrogen-bond acceptors (Lipinski definition) is 2. The van der Waals surface area contributed by atoms with Crippen LogP contribution in [-0.4, -0.2) is 18.1 Å². The third-order valence-electron chi connectivity index (χ3n) is 2.39. The second-order valence-electron chi connectivity index (χ2n) is 3.49. The van der Waals surface area contributed by atoms with E-state index in [4.69, 9.17) is 14.3 Å². The Labute approximate surface area is 109 Å². The van der Waals surface area contributed by atoms with E-state index in [1.54, 1.807) is 0 Å². The first kappa shape index (κ1) is 5.54. The van der Waals surface area contributed by atoms with Crippen molar-refractivity contribution in [3.8, 4) is 5.75 Å². The molecule has 0 amide bonds. The number of methoxy groups -OCH3 is 1. The second kappa shape index (κ2) is 4.45. The van der Waals surface area contributed by atoms with Crippen molar-refractivity contribution in [3.05, 3.63) is 41.9 Å². The zero-order chi connectivity index (χ0) is 18.4. The van der Waals surface area contributed by atoms with Gasteiger partial charge in [0.25, 0.3) is 0 Å². The molecule has 0 heterocycles. The number of hydrogen-bond donors (Lipinski definition) is 1. The van der Waals surface area contributed by atoms with Crippen LogP contribution in [0.25, 0.3) is 10.8 Å². The average molecular weight is 237 g/mol. The Bertz CT molecular complexity index is 827. The molecule has 2 aromatic rings. The van der Waals surface area contributed by atoms with Gasteiger partial charge < -0.3 is 9.84 Å². The lowest BCUT2D eigenvalue weighted by Crippen LogP contribution is -2.06. The van der Waals surface area contributed by atoms with Gasteiger partial charge in [-0.3, -0.25) is 4.79 Å². The number of carbonyl (C=O) groups is 1. The molecule has 0 aromatic heterocycles. The minimum absolute atomic E-state index is 0.0607. The molecule has 88 valence electrons. The highest BCUT2D eigenvalue weighted by Crippen LogP contribution is 2.25. The summed E-state index contributed by atoms with van der Waals surface area (Å²) in [6.45, 7) is 1.04. The van der Waals surface area contributed by atoms with Crippen molar-refractivity contribution in [1.82, 2.24) is 0 Å². The molecule has 2 aromatic carbocycles. The fourth-order valence-corrected chi connectivity index (χ4v) is 1.39. The lowest BCUT2D eigenvalue weighted by Gasteiger charge is -2.08. The molecule has 0 aliphatic heterocycles. The molecule has 0 aliphatic rings. The van der Waals surface area contributed by atoms with Crippen molar-refractivity contribution < 1.29 is 24.2 Å². The molecule has 3 heteroatoms. The molecular formula is C14H14O3. The van der Waals surface area contributed by atoms with Crippen LogP contribution < -0.4 is 4.74 Å². The maximum atomic E-state index is 11.3. The van der Waals surface area contributed by atoms with Gasteiger partial charge in [0.15, 0.2) is 0 Å². The molecule has 0 radical (unpaired) electrons. The van der Waals surface area contributed by atoms with E-state index in [2.05, 4.69) is 0 Å². The number of fused-ring (bicyclic) bond motifs is 1. The van der Waals surface area contributed by atoms with Crippen LogP contribution in [0.3, 0.4) is 0 Å². The molecule has 0 aliphatic carbocycles. The van der Waals surface area contributed by atoms with Gasteiger partial charge >= 0.3 is 5.97 Å². The van der Waals surface area contributed by atoms with Gasteiger partial charge in [-0.15, -0.1) is 0 Å². The maximum absolute atomic E-state index is 11.3. The molecule has 1 N–H and O–H groups in total. The molecule has 1 unspecified atom stereocenters. The Morgan fingerprint density at radius 1 is 1.53 bits per heavy atom. The van der Waals surface area contributed by atoms with Crippen LogP contribution in [0.1, 0.15) is 28.0 Å². The van der Waals surface area contributed by atoms with Crippen LogP contribution in [0.5, 0.6) is 5.75 Å². The van der Waals surface area contributed by atoms with E-state index in [1.165, 1.54) is 18.2 Å². The molecule has 0 bridgehead atoms. The molecule has 0 fully saturated rings. The smallest absolute Gasteiger partial charge is 0.310 e. The second-order valence-corrected chi connectivity index (χ2v) is 3.49. The summed E-state index contributed by atoms with van der Waals surface area (Å²) in [4.78, 5) is 11.3. The molecule has 1 atom stereocenters. The number of aliphatic carboxylic acids is 1. The quantitative estimate of drug-likeness (QED) is 0.892.